The second-order valence-corrected chi connectivity index (χ2v) is 5.00. The molecular formula is C17H19NO. The molecule has 19 heavy (non-hydrogen) atoms. The lowest BCUT2D eigenvalue weighted by atomic mass is 10.0. The average Bonchev–Trinajstić information content (AvgIpc) is 2.48. The predicted molar refractivity (Wildman–Crippen MR) is 77.3 cm³/mol. The zero-order valence-corrected chi connectivity index (χ0v) is 11.0. The summed E-state index contributed by atoms with van der Waals surface area (Å²) in [5.74, 6) is 1.06. The van der Waals surface area contributed by atoms with Crippen molar-refractivity contribution in [1.29, 1.82) is 0 Å². The molecule has 1 atom stereocenters. The third-order valence-corrected chi connectivity index (χ3v) is 3.55. The number of aryl methyl sites for hydroxylation is 1. The Morgan fingerprint density at radius 1 is 1.00 bits per heavy atom. The minimum absolute atomic E-state index is 0.290. The molecule has 0 radical (unpaired) electrons. The molecular weight excluding hydrogens is 234 g/mol. The Balaban J connectivity index is 1.50. The van der Waals surface area contributed by atoms with Gasteiger partial charge >= 0.3 is 0 Å². The fraction of sp³-hybridized carbons (Fsp3) is 0.294. The fourth-order valence-corrected chi connectivity index (χ4v) is 2.50. The first-order valence-electron chi connectivity index (χ1n) is 6.91. The highest BCUT2D eigenvalue weighted by atomic mass is 16.5. The van der Waals surface area contributed by atoms with Gasteiger partial charge in [-0.05, 0) is 30.0 Å². The van der Waals surface area contributed by atoms with Crippen LogP contribution in [0.4, 0.5) is 0 Å². The molecule has 1 aliphatic heterocycles. The topological polar surface area (TPSA) is 21.3 Å². The van der Waals surface area contributed by atoms with Gasteiger partial charge in [-0.15, -0.1) is 0 Å². The van der Waals surface area contributed by atoms with Crippen molar-refractivity contribution in [3.63, 3.8) is 0 Å². The van der Waals surface area contributed by atoms with Gasteiger partial charge in [0.05, 0.1) is 0 Å². The number of benzene rings is 2. The van der Waals surface area contributed by atoms with Gasteiger partial charge in [-0.1, -0.05) is 48.5 Å². The van der Waals surface area contributed by atoms with Crippen molar-refractivity contribution in [2.45, 2.75) is 25.5 Å². The first-order chi connectivity index (χ1) is 9.42. The first kappa shape index (κ1) is 12.2. The summed E-state index contributed by atoms with van der Waals surface area (Å²) in [6.45, 7) is 1.81. The Kier molecular flexibility index (Phi) is 3.80. The summed E-state index contributed by atoms with van der Waals surface area (Å²) in [5, 5.41) is 3.48. The maximum absolute atomic E-state index is 6.01. The molecule has 0 aromatic heterocycles. The van der Waals surface area contributed by atoms with E-state index in [1.54, 1.807) is 0 Å². The normalized spacial score (nSPS) is 17.6. The molecule has 98 valence electrons. The van der Waals surface area contributed by atoms with E-state index < -0.39 is 0 Å². The van der Waals surface area contributed by atoms with Crippen molar-refractivity contribution in [2.24, 2.45) is 0 Å². The molecule has 1 aliphatic rings. The van der Waals surface area contributed by atoms with Crippen molar-refractivity contribution in [2.75, 3.05) is 6.54 Å². The molecule has 2 aromatic rings. The van der Waals surface area contributed by atoms with Crippen molar-refractivity contribution in [3.8, 4) is 5.75 Å². The monoisotopic (exact) mass is 253 g/mol. The van der Waals surface area contributed by atoms with Crippen molar-refractivity contribution < 1.29 is 4.74 Å². The van der Waals surface area contributed by atoms with Crippen LogP contribution >= 0.6 is 0 Å². The van der Waals surface area contributed by atoms with E-state index in [2.05, 4.69) is 47.8 Å². The van der Waals surface area contributed by atoms with Gasteiger partial charge in [-0.25, -0.2) is 0 Å². The maximum Gasteiger partial charge on any atom is 0.122 e. The highest BCUT2D eigenvalue weighted by Gasteiger charge is 2.18. The number of para-hydroxylation sites is 1. The Morgan fingerprint density at radius 2 is 1.79 bits per heavy atom. The van der Waals surface area contributed by atoms with Crippen LogP contribution < -0.4 is 10.1 Å². The van der Waals surface area contributed by atoms with Crippen molar-refractivity contribution >= 4 is 0 Å². The predicted octanol–water partition coefficient (Wildman–Crippen LogP) is 3.17. The summed E-state index contributed by atoms with van der Waals surface area (Å²) in [6, 6.07) is 18.8. The third kappa shape index (κ3) is 3.15. The smallest absolute Gasteiger partial charge is 0.122 e. The molecule has 0 aliphatic carbocycles. The van der Waals surface area contributed by atoms with Gasteiger partial charge < -0.3 is 10.1 Å². The van der Waals surface area contributed by atoms with Gasteiger partial charge in [0.15, 0.2) is 0 Å². The van der Waals surface area contributed by atoms with Crippen molar-refractivity contribution in [3.05, 3.63) is 65.7 Å². The molecule has 0 spiro atoms. The van der Waals surface area contributed by atoms with E-state index >= 15 is 0 Å². The van der Waals surface area contributed by atoms with Gasteiger partial charge in [0.1, 0.15) is 11.9 Å². The molecule has 0 fully saturated rings. The van der Waals surface area contributed by atoms with Crippen LogP contribution in [0, 0.1) is 0 Å². The molecule has 0 amide bonds. The van der Waals surface area contributed by atoms with Gasteiger partial charge in [0.25, 0.3) is 0 Å². The van der Waals surface area contributed by atoms with Crippen LogP contribution in [0.25, 0.3) is 0 Å². The zero-order chi connectivity index (χ0) is 12.9. The SMILES string of the molecule is c1ccc(CNC[C@H]2CCc3ccccc3O2)cc1. The van der Waals surface area contributed by atoms with Crippen LogP contribution in [-0.2, 0) is 13.0 Å². The average molecular weight is 253 g/mol. The summed E-state index contributed by atoms with van der Waals surface area (Å²) in [6.07, 6.45) is 2.51. The lowest BCUT2D eigenvalue weighted by molar-refractivity contribution is 0.170. The number of fused-ring (bicyclic) bond motifs is 1. The second kappa shape index (κ2) is 5.89. The summed E-state index contributed by atoms with van der Waals surface area (Å²) >= 11 is 0. The lowest BCUT2D eigenvalue weighted by Crippen LogP contribution is -2.33. The summed E-state index contributed by atoms with van der Waals surface area (Å²) in [5.41, 5.74) is 2.65. The number of rotatable bonds is 4. The van der Waals surface area contributed by atoms with E-state index in [9.17, 15) is 0 Å². The molecule has 3 rings (SSSR count). The molecule has 2 nitrogen and oxygen atoms in total. The summed E-state index contributed by atoms with van der Waals surface area (Å²) < 4.78 is 6.01. The van der Waals surface area contributed by atoms with E-state index in [1.807, 2.05) is 12.1 Å². The number of ether oxygens (including phenoxy) is 1. The largest absolute Gasteiger partial charge is 0.489 e. The molecule has 0 saturated heterocycles. The van der Waals surface area contributed by atoms with E-state index in [-0.39, 0.29) is 0 Å². The Hall–Kier alpha value is -1.80. The van der Waals surface area contributed by atoms with E-state index in [1.165, 1.54) is 11.1 Å². The van der Waals surface area contributed by atoms with Crippen LogP contribution in [0.5, 0.6) is 5.75 Å². The van der Waals surface area contributed by atoms with Crippen LogP contribution in [0.1, 0.15) is 17.5 Å². The van der Waals surface area contributed by atoms with Crippen LogP contribution in [-0.4, -0.2) is 12.6 Å². The summed E-state index contributed by atoms with van der Waals surface area (Å²) in [7, 11) is 0. The summed E-state index contributed by atoms with van der Waals surface area (Å²) in [4.78, 5) is 0. The van der Waals surface area contributed by atoms with Crippen molar-refractivity contribution in [1.82, 2.24) is 5.32 Å². The highest BCUT2D eigenvalue weighted by molar-refractivity contribution is 5.35. The van der Waals surface area contributed by atoms with Gasteiger partial charge in [0, 0.05) is 13.1 Å². The fourth-order valence-electron chi connectivity index (χ4n) is 2.50. The van der Waals surface area contributed by atoms with E-state index in [0.29, 0.717) is 6.10 Å². The standard InChI is InChI=1S/C17H19NO/c1-2-6-14(7-3-1)12-18-13-16-11-10-15-8-4-5-9-17(15)19-16/h1-9,16,18H,10-13H2/t16-/m1/s1. The van der Waals surface area contributed by atoms with Gasteiger partial charge in [-0.3, -0.25) is 0 Å². The van der Waals surface area contributed by atoms with Gasteiger partial charge in [-0.2, -0.15) is 0 Å². The minimum Gasteiger partial charge on any atom is -0.489 e. The Labute approximate surface area is 114 Å². The quantitative estimate of drug-likeness (QED) is 0.903. The molecule has 0 bridgehead atoms. The Bertz CT molecular complexity index is 524. The number of hydrogen-bond donors (Lipinski definition) is 1. The van der Waals surface area contributed by atoms with Crippen LogP contribution in [0.2, 0.25) is 0 Å². The Morgan fingerprint density at radius 3 is 2.68 bits per heavy atom. The maximum atomic E-state index is 6.01. The van der Waals surface area contributed by atoms with Crippen LogP contribution in [0.3, 0.4) is 0 Å². The van der Waals surface area contributed by atoms with Crippen LogP contribution in [0.15, 0.2) is 54.6 Å². The van der Waals surface area contributed by atoms with E-state index in [4.69, 9.17) is 4.74 Å². The molecule has 0 saturated carbocycles. The molecule has 0 unspecified atom stereocenters. The number of hydrogen-bond acceptors (Lipinski definition) is 2. The molecule has 1 heterocycles. The second-order valence-electron chi connectivity index (χ2n) is 5.00. The minimum atomic E-state index is 0.290. The third-order valence-electron chi connectivity index (χ3n) is 3.55. The zero-order valence-electron chi connectivity index (χ0n) is 11.0. The molecule has 2 aromatic carbocycles. The lowest BCUT2D eigenvalue weighted by Gasteiger charge is -2.26. The number of nitrogens with one attached hydrogen (secondary N) is 1. The van der Waals surface area contributed by atoms with E-state index in [0.717, 1.165) is 31.7 Å². The van der Waals surface area contributed by atoms with Gasteiger partial charge in [0.2, 0.25) is 0 Å². The highest BCUT2D eigenvalue weighted by Crippen LogP contribution is 2.26. The molecule has 1 N–H and O–H groups in total. The first-order valence-corrected chi connectivity index (χ1v) is 6.91. The molecule has 2 heteroatoms.